The highest BCUT2D eigenvalue weighted by Crippen LogP contribution is 2.32. The van der Waals surface area contributed by atoms with Gasteiger partial charge < -0.3 is 16.0 Å². The Kier molecular flexibility index (Phi) is 5.57. The summed E-state index contributed by atoms with van der Waals surface area (Å²) >= 11 is 0. The molecular weight excluding hydrogens is 314 g/mol. The average Bonchev–Trinajstić information content (AvgIpc) is 2.62. The van der Waals surface area contributed by atoms with Crippen LogP contribution in [0, 0.1) is 5.92 Å². The number of nitrogens with zero attached hydrogens (tertiary/aromatic N) is 3. The van der Waals surface area contributed by atoms with Gasteiger partial charge in [-0.2, -0.15) is 0 Å². The molecule has 2 unspecified atom stereocenters. The molecule has 0 spiro atoms. The zero-order valence-electron chi connectivity index (χ0n) is 15.5. The number of piperidine rings is 1. The second-order valence-electron chi connectivity index (χ2n) is 7.80. The van der Waals surface area contributed by atoms with E-state index >= 15 is 0 Å². The van der Waals surface area contributed by atoms with Gasteiger partial charge >= 0.3 is 0 Å². The maximum absolute atomic E-state index is 12.7. The maximum Gasteiger partial charge on any atom is 0.225 e. The molecule has 1 amide bonds. The molecule has 6 nitrogen and oxygen atoms in total. The molecular formula is C19H31N5O. The molecule has 2 aliphatic rings. The highest BCUT2D eigenvalue weighted by molar-refractivity contribution is 5.80. The zero-order chi connectivity index (χ0) is 17.9. The highest BCUT2D eigenvalue weighted by atomic mass is 16.2. The molecule has 138 valence electrons. The van der Waals surface area contributed by atoms with Gasteiger partial charge in [0, 0.05) is 36.4 Å². The van der Waals surface area contributed by atoms with Gasteiger partial charge in [0.25, 0.3) is 0 Å². The minimum absolute atomic E-state index is 0.0479. The first-order chi connectivity index (χ1) is 12.0. The lowest BCUT2D eigenvalue weighted by molar-refractivity contribution is -0.129. The van der Waals surface area contributed by atoms with Crippen LogP contribution in [0.5, 0.6) is 0 Å². The molecule has 0 aromatic carbocycles. The van der Waals surface area contributed by atoms with Crippen LogP contribution in [0.1, 0.15) is 58.1 Å². The summed E-state index contributed by atoms with van der Waals surface area (Å²) in [4.78, 5) is 23.6. The number of aryl methyl sites for hydroxylation is 1. The Morgan fingerprint density at radius 3 is 2.76 bits per heavy atom. The number of rotatable bonds is 4. The fourth-order valence-electron chi connectivity index (χ4n) is 4.10. The van der Waals surface area contributed by atoms with Crippen molar-refractivity contribution in [3.63, 3.8) is 0 Å². The largest absolute Gasteiger partial charge is 0.356 e. The van der Waals surface area contributed by atoms with Gasteiger partial charge in [0.1, 0.15) is 12.1 Å². The lowest BCUT2D eigenvalue weighted by Gasteiger charge is -2.39. The lowest BCUT2D eigenvalue weighted by Crippen LogP contribution is -2.55. The third kappa shape index (κ3) is 4.29. The zero-order valence-corrected chi connectivity index (χ0v) is 15.5. The van der Waals surface area contributed by atoms with Crippen LogP contribution in [0.3, 0.4) is 0 Å². The third-order valence-electron chi connectivity index (χ3n) is 5.81. The molecule has 1 aromatic rings. The number of aromatic nitrogens is 2. The molecule has 3 N–H and O–H groups in total. The van der Waals surface area contributed by atoms with Crippen molar-refractivity contribution in [1.82, 2.24) is 15.3 Å². The standard InChI is InChI=1S/C19H31N5O/c1-3-14-12-17(22-13-21-14)24-10-7-15(8-11-24)23-18(25)16-6-4-5-9-19(16,2)20/h12-13,15-16H,3-11,20H2,1-2H3,(H,23,25). The van der Waals surface area contributed by atoms with E-state index < -0.39 is 0 Å². The first-order valence-corrected chi connectivity index (χ1v) is 9.64. The van der Waals surface area contributed by atoms with Crippen LogP contribution < -0.4 is 16.0 Å². The van der Waals surface area contributed by atoms with E-state index in [-0.39, 0.29) is 23.4 Å². The van der Waals surface area contributed by atoms with Crippen molar-refractivity contribution in [2.75, 3.05) is 18.0 Å². The minimum Gasteiger partial charge on any atom is -0.356 e. The number of hydrogen-bond donors (Lipinski definition) is 2. The smallest absolute Gasteiger partial charge is 0.225 e. The van der Waals surface area contributed by atoms with Gasteiger partial charge in [0.15, 0.2) is 0 Å². The molecule has 25 heavy (non-hydrogen) atoms. The SMILES string of the molecule is CCc1cc(N2CCC(NC(=O)C3CCCCC3(C)N)CC2)ncn1. The van der Waals surface area contributed by atoms with E-state index in [1.165, 1.54) is 0 Å². The Balaban J connectivity index is 1.53. The van der Waals surface area contributed by atoms with Crippen LogP contribution in [0.25, 0.3) is 0 Å². The van der Waals surface area contributed by atoms with Gasteiger partial charge in [-0.25, -0.2) is 9.97 Å². The van der Waals surface area contributed by atoms with Crippen molar-refractivity contribution >= 4 is 11.7 Å². The second-order valence-corrected chi connectivity index (χ2v) is 7.80. The number of amides is 1. The van der Waals surface area contributed by atoms with E-state index in [1.54, 1.807) is 6.33 Å². The van der Waals surface area contributed by atoms with Crippen molar-refractivity contribution in [2.24, 2.45) is 11.7 Å². The monoisotopic (exact) mass is 345 g/mol. The van der Waals surface area contributed by atoms with Gasteiger partial charge in [-0.15, -0.1) is 0 Å². The fourth-order valence-corrected chi connectivity index (χ4v) is 4.10. The topological polar surface area (TPSA) is 84.1 Å². The summed E-state index contributed by atoms with van der Waals surface area (Å²) in [6, 6.07) is 2.31. The van der Waals surface area contributed by atoms with Crippen LogP contribution in [0.15, 0.2) is 12.4 Å². The number of nitrogens with two attached hydrogens (primary N) is 1. The predicted octanol–water partition coefficient (Wildman–Crippen LogP) is 2.03. The van der Waals surface area contributed by atoms with E-state index in [1.807, 2.05) is 6.92 Å². The van der Waals surface area contributed by atoms with Crippen molar-refractivity contribution in [3.8, 4) is 0 Å². The fraction of sp³-hybridized carbons (Fsp3) is 0.737. The normalized spacial score (nSPS) is 28.0. The molecule has 1 aliphatic carbocycles. The van der Waals surface area contributed by atoms with E-state index in [9.17, 15) is 4.79 Å². The van der Waals surface area contributed by atoms with Crippen molar-refractivity contribution < 1.29 is 4.79 Å². The van der Waals surface area contributed by atoms with Crippen LogP contribution in [-0.4, -0.2) is 40.5 Å². The molecule has 3 rings (SSSR count). The summed E-state index contributed by atoms with van der Waals surface area (Å²) in [5.74, 6) is 1.10. The third-order valence-corrected chi connectivity index (χ3v) is 5.81. The number of anilines is 1. The van der Waals surface area contributed by atoms with Crippen LogP contribution >= 0.6 is 0 Å². The summed E-state index contributed by atoms with van der Waals surface area (Å²) in [6.45, 7) is 5.95. The van der Waals surface area contributed by atoms with Gasteiger partial charge in [-0.3, -0.25) is 4.79 Å². The predicted molar refractivity (Wildman–Crippen MR) is 99.3 cm³/mol. The second kappa shape index (κ2) is 7.68. The summed E-state index contributed by atoms with van der Waals surface area (Å²) in [5, 5.41) is 3.26. The van der Waals surface area contributed by atoms with E-state index in [0.29, 0.717) is 0 Å². The van der Waals surface area contributed by atoms with Crippen LogP contribution in [0.4, 0.5) is 5.82 Å². The van der Waals surface area contributed by atoms with Crippen molar-refractivity contribution in [3.05, 3.63) is 18.1 Å². The molecule has 1 aliphatic heterocycles. The van der Waals surface area contributed by atoms with E-state index in [4.69, 9.17) is 5.73 Å². The van der Waals surface area contributed by atoms with Gasteiger partial charge in [-0.1, -0.05) is 19.8 Å². The van der Waals surface area contributed by atoms with Crippen molar-refractivity contribution in [2.45, 2.75) is 70.4 Å². The molecule has 1 aromatic heterocycles. The minimum atomic E-state index is -0.361. The van der Waals surface area contributed by atoms with E-state index in [0.717, 1.165) is 69.5 Å². The van der Waals surface area contributed by atoms with E-state index in [2.05, 4.69) is 33.2 Å². The molecule has 2 heterocycles. The summed E-state index contributed by atoms with van der Waals surface area (Å²) in [6.07, 6.45) is 8.56. The molecule has 6 heteroatoms. The van der Waals surface area contributed by atoms with Gasteiger partial charge in [-0.05, 0) is 39.0 Å². The van der Waals surface area contributed by atoms with Crippen molar-refractivity contribution in [1.29, 1.82) is 0 Å². The maximum atomic E-state index is 12.7. The Bertz CT molecular complexity index is 595. The van der Waals surface area contributed by atoms with Crippen LogP contribution in [0.2, 0.25) is 0 Å². The Hall–Kier alpha value is -1.69. The van der Waals surface area contributed by atoms with Crippen LogP contribution in [-0.2, 0) is 11.2 Å². The number of carbonyl (C=O) groups is 1. The van der Waals surface area contributed by atoms with Gasteiger partial charge in [0.2, 0.25) is 5.91 Å². The first kappa shape index (κ1) is 18.1. The molecule has 2 fully saturated rings. The Morgan fingerprint density at radius 1 is 1.32 bits per heavy atom. The average molecular weight is 345 g/mol. The Labute approximate surface area is 150 Å². The summed E-state index contributed by atoms with van der Waals surface area (Å²) in [7, 11) is 0. The quantitative estimate of drug-likeness (QED) is 0.872. The number of hydrogen-bond acceptors (Lipinski definition) is 5. The number of nitrogens with one attached hydrogen (secondary N) is 1. The number of carbonyl (C=O) groups excluding carboxylic acids is 1. The highest BCUT2D eigenvalue weighted by Gasteiger charge is 2.38. The molecule has 0 bridgehead atoms. The summed E-state index contributed by atoms with van der Waals surface area (Å²) < 4.78 is 0. The molecule has 1 saturated carbocycles. The lowest BCUT2D eigenvalue weighted by atomic mass is 9.74. The first-order valence-electron chi connectivity index (χ1n) is 9.64. The molecule has 2 atom stereocenters. The molecule has 1 saturated heterocycles. The molecule has 0 radical (unpaired) electrons. The summed E-state index contributed by atoms with van der Waals surface area (Å²) in [5.41, 5.74) is 7.08. The Morgan fingerprint density at radius 2 is 2.08 bits per heavy atom. The van der Waals surface area contributed by atoms with Gasteiger partial charge in [0.05, 0.1) is 5.92 Å².